The van der Waals surface area contributed by atoms with Crippen molar-refractivity contribution in [2.45, 2.75) is 414 Å². The molecular weight excluding hydrogens is 1260 g/mol. The SMILES string of the molecule is CCCCCCCCCCCCCCC(=O)O[C@H](COC(=O)CCCCCCCCCCC(C)C)COP(=O)(O)OC[C@H](O)COP(=O)(O)OC[C@@H](COC(=O)CCCCCCCCCCCC(C)C)OC(=O)CCCCCCCCCCCCCCCCCCCCC(C)C. The van der Waals surface area contributed by atoms with Crippen molar-refractivity contribution in [1.29, 1.82) is 0 Å². The third kappa shape index (κ3) is 70.5. The van der Waals surface area contributed by atoms with Crippen molar-refractivity contribution < 1.29 is 80.2 Å². The van der Waals surface area contributed by atoms with E-state index in [4.69, 9.17) is 37.0 Å². The van der Waals surface area contributed by atoms with Gasteiger partial charge in [0.1, 0.15) is 19.3 Å². The van der Waals surface area contributed by atoms with Gasteiger partial charge in [0.05, 0.1) is 26.4 Å². The van der Waals surface area contributed by atoms with Crippen LogP contribution in [0.25, 0.3) is 0 Å². The lowest BCUT2D eigenvalue weighted by molar-refractivity contribution is -0.161. The van der Waals surface area contributed by atoms with E-state index in [1.54, 1.807) is 0 Å². The minimum Gasteiger partial charge on any atom is -0.462 e. The zero-order chi connectivity index (χ0) is 70.9. The minimum atomic E-state index is -4.96. The minimum absolute atomic E-state index is 0.107. The maximum absolute atomic E-state index is 13.1. The van der Waals surface area contributed by atoms with Crippen molar-refractivity contribution in [3.63, 3.8) is 0 Å². The van der Waals surface area contributed by atoms with Crippen molar-refractivity contribution in [2.24, 2.45) is 17.8 Å². The number of ether oxygens (including phenoxy) is 4. The number of carbonyl (C=O) groups excluding carboxylic acids is 4. The number of unbranched alkanes of at least 4 members (excludes halogenated alkanes) is 43. The van der Waals surface area contributed by atoms with E-state index in [0.717, 1.165) is 108 Å². The maximum atomic E-state index is 13.1. The molecule has 0 fully saturated rings. The molecule has 3 N–H and O–H groups in total. The molecule has 0 spiro atoms. The Morgan fingerprint density at radius 1 is 0.281 bits per heavy atom. The van der Waals surface area contributed by atoms with Crippen LogP contribution in [0.2, 0.25) is 0 Å². The summed E-state index contributed by atoms with van der Waals surface area (Å²) in [5, 5.41) is 10.6. The fourth-order valence-electron chi connectivity index (χ4n) is 11.8. The number of phosphoric acid groups is 2. The molecule has 2 unspecified atom stereocenters. The average Bonchev–Trinajstić information content (AvgIpc) is 1.59. The Hall–Kier alpha value is -1.94. The van der Waals surface area contributed by atoms with Gasteiger partial charge in [0.15, 0.2) is 12.2 Å². The second-order valence-electron chi connectivity index (χ2n) is 29.2. The molecule has 0 saturated carbocycles. The summed E-state index contributed by atoms with van der Waals surface area (Å²) in [4.78, 5) is 72.8. The fraction of sp³-hybridized carbons (Fsp3) is 0.948. The van der Waals surface area contributed by atoms with Gasteiger partial charge in [0, 0.05) is 25.7 Å². The first-order valence-electron chi connectivity index (χ1n) is 39.8. The van der Waals surface area contributed by atoms with E-state index < -0.39 is 97.5 Å². The lowest BCUT2D eigenvalue weighted by Gasteiger charge is -2.21. The summed E-state index contributed by atoms with van der Waals surface area (Å²) in [5.74, 6) is 0.174. The van der Waals surface area contributed by atoms with Gasteiger partial charge in [0.25, 0.3) is 0 Å². The summed E-state index contributed by atoms with van der Waals surface area (Å²) in [6.07, 6.45) is 54.2. The molecule has 0 amide bonds. The molecule has 0 radical (unpaired) electrons. The second kappa shape index (κ2) is 67.5. The Morgan fingerprint density at radius 2 is 0.479 bits per heavy atom. The summed E-state index contributed by atoms with van der Waals surface area (Å²) in [6.45, 7) is 11.9. The molecule has 0 aliphatic carbocycles. The van der Waals surface area contributed by atoms with Gasteiger partial charge in [-0.1, -0.05) is 344 Å². The molecule has 0 bridgehead atoms. The monoisotopic (exact) mass is 1410 g/mol. The molecule has 96 heavy (non-hydrogen) atoms. The van der Waals surface area contributed by atoms with E-state index in [9.17, 15) is 43.2 Å². The number of phosphoric ester groups is 2. The number of aliphatic hydroxyl groups excluding tert-OH is 1. The first-order valence-corrected chi connectivity index (χ1v) is 42.8. The Balaban J connectivity index is 5.20. The maximum Gasteiger partial charge on any atom is 0.472 e. The third-order valence-electron chi connectivity index (χ3n) is 17.9. The van der Waals surface area contributed by atoms with Gasteiger partial charge in [-0.25, -0.2) is 9.13 Å². The van der Waals surface area contributed by atoms with Crippen LogP contribution in [-0.4, -0.2) is 96.7 Å². The van der Waals surface area contributed by atoms with Gasteiger partial charge in [-0.3, -0.25) is 37.3 Å². The molecule has 0 aliphatic rings. The largest absolute Gasteiger partial charge is 0.472 e. The zero-order valence-electron chi connectivity index (χ0n) is 62.8. The van der Waals surface area contributed by atoms with E-state index >= 15 is 0 Å². The molecule has 0 heterocycles. The van der Waals surface area contributed by atoms with Crippen LogP contribution in [0.4, 0.5) is 0 Å². The summed E-state index contributed by atoms with van der Waals surface area (Å²) >= 11 is 0. The summed E-state index contributed by atoms with van der Waals surface area (Å²) < 4.78 is 68.5. The number of rotatable bonds is 75. The summed E-state index contributed by atoms with van der Waals surface area (Å²) in [5.41, 5.74) is 0. The molecule has 0 rings (SSSR count). The van der Waals surface area contributed by atoms with Gasteiger partial charge in [0.2, 0.25) is 0 Å². The van der Waals surface area contributed by atoms with Crippen LogP contribution in [0.5, 0.6) is 0 Å². The van der Waals surface area contributed by atoms with Gasteiger partial charge in [-0.2, -0.15) is 0 Å². The molecule has 0 saturated heterocycles. The van der Waals surface area contributed by atoms with Crippen LogP contribution in [0.1, 0.15) is 395 Å². The van der Waals surface area contributed by atoms with Gasteiger partial charge in [-0.15, -0.1) is 0 Å². The van der Waals surface area contributed by atoms with Crippen molar-refractivity contribution in [3.05, 3.63) is 0 Å². The number of hydrogen-bond acceptors (Lipinski definition) is 15. The third-order valence-corrected chi connectivity index (χ3v) is 19.8. The molecular formula is C77H150O17P2. The highest BCUT2D eigenvalue weighted by Crippen LogP contribution is 2.45. The highest BCUT2D eigenvalue weighted by Gasteiger charge is 2.30. The van der Waals surface area contributed by atoms with Crippen LogP contribution >= 0.6 is 15.6 Å². The zero-order valence-corrected chi connectivity index (χ0v) is 64.6. The summed E-state index contributed by atoms with van der Waals surface area (Å²) in [7, 11) is -9.91. The predicted molar refractivity (Wildman–Crippen MR) is 391 cm³/mol. The van der Waals surface area contributed by atoms with Crippen molar-refractivity contribution >= 4 is 39.5 Å². The first kappa shape index (κ1) is 94.1. The highest BCUT2D eigenvalue weighted by atomic mass is 31.2. The van der Waals surface area contributed by atoms with E-state index in [1.165, 1.54) is 205 Å². The van der Waals surface area contributed by atoms with Crippen molar-refractivity contribution in [3.8, 4) is 0 Å². The molecule has 0 aliphatic heterocycles. The van der Waals surface area contributed by atoms with E-state index in [0.29, 0.717) is 25.7 Å². The number of aliphatic hydroxyl groups is 1. The van der Waals surface area contributed by atoms with Gasteiger partial charge >= 0.3 is 39.5 Å². The highest BCUT2D eigenvalue weighted by molar-refractivity contribution is 7.47. The van der Waals surface area contributed by atoms with Crippen LogP contribution in [-0.2, 0) is 65.4 Å². The molecule has 0 aromatic heterocycles. The van der Waals surface area contributed by atoms with Gasteiger partial charge in [-0.05, 0) is 43.4 Å². The molecule has 0 aromatic rings. The molecule has 17 nitrogen and oxygen atoms in total. The lowest BCUT2D eigenvalue weighted by atomic mass is 10.0. The Kier molecular flexibility index (Phi) is 66.2. The molecule has 5 atom stereocenters. The van der Waals surface area contributed by atoms with E-state index in [1.807, 2.05) is 0 Å². The van der Waals surface area contributed by atoms with Crippen LogP contribution < -0.4 is 0 Å². The van der Waals surface area contributed by atoms with Crippen molar-refractivity contribution in [1.82, 2.24) is 0 Å². The van der Waals surface area contributed by atoms with Crippen LogP contribution in [0.15, 0.2) is 0 Å². The Bertz CT molecular complexity index is 1870. The predicted octanol–water partition coefficient (Wildman–Crippen LogP) is 22.6. The Morgan fingerprint density at radius 3 is 0.708 bits per heavy atom. The quantitative estimate of drug-likeness (QED) is 0.0222. The number of carbonyl (C=O) groups is 4. The smallest absolute Gasteiger partial charge is 0.462 e. The number of hydrogen-bond donors (Lipinski definition) is 3. The lowest BCUT2D eigenvalue weighted by Crippen LogP contribution is -2.30. The first-order chi connectivity index (χ1) is 46.2. The standard InChI is InChI=1S/C77H150O17P2/c1-8-9-10-11-12-13-14-24-29-39-46-53-60-76(81)94-73(65-88-75(80)59-52-45-38-33-32-36-43-50-57-70(6)7)67-92-96(85,86)90-63-71(78)62-89-95(83,84)91-66-72(64-87-74(79)58-51-44-37-31-26-28-35-42-49-56-69(4)5)93-77(82)61-54-47-40-30-25-22-20-18-16-15-17-19-21-23-27-34-41-48-55-68(2)3/h68-73,78H,8-67H2,1-7H3,(H,83,84)(H,85,86)/t71-,72-,73-/m1/s1. The fourth-order valence-corrected chi connectivity index (χ4v) is 13.4. The average molecular weight is 1410 g/mol. The van der Waals surface area contributed by atoms with E-state index in [-0.39, 0.29) is 25.7 Å². The normalized spacial score (nSPS) is 14.1. The second-order valence-corrected chi connectivity index (χ2v) is 32.1. The van der Waals surface area contributed by atoms with Crippen molar-refractivity contribution in [2.75, 3.05) is 39.6 Å². The van der Waals surface area contributed by atoms with Gasteiger partial charge < -0.3 is 33.8 Å². The van der Waals surface area contributed by atoms with E-state index in [2.05, 4.69) is 48.5 Å². The van der Waals surface area contributed by atoms with Crippen LogP contribution in [0.3, 0.4) is 0 Å². The topological polar surface area (TPSA) is 237 Å². The summed E-state index contributed by atoms with van der Waals surface area (Å²) in [6, 6.07) is 0. The van der Waals surface area contributed by atoms with Crippen LogP contribution in [0, 0.1) is 17.8 Å². The molecule has 570 valence electrons. The number of esters is 4. The molecule has 19 heteroatoms. The Labute approximate surface area is 588 Å². The molecule has 0 aromatic carbocycles.